The van der Waals surface area contributed by atoms with E-state index in [2.05, 4.69) is 31.0 Å². The molecule has 21 heavy (non-hydrogen) atoms. The van der Waals surface area contributed by atoms with Crippen LogP contribution in [0, 0.1) is 11.8 Å². The topological polar surface area (TPSA) is 15.3 Å². The fraction of sp³-hybridized carbons (Fsp3) is 1.00. The third-order valence-electron chi connectivity index (χ3n) is 6.07. The number of hydrogen-bond acceptors (Lipinski definition) is 2. The average Bonchev–Trinajstić information content (AvgIpc) is 2.74. The van der Waals surface area contributed by atoms with Gasteiger partial charge in [0.1, 0.15) is 0 Å². The standard InChI is InChI=1S/C19H38N2/c1-4-16-11-12-19(20-6-3)17(14-16)15-21-13-9-7-8-10-18(21)5-2/h16-20H,4-15H2,1-3H3. The van der Waals surface area contributed by atoms with Gasteiger partial charge < -0.3 is 10.2 Å². The Balaban J connectivity index is 1.97. The third-order valence-corrected chi connectivity index (χ3v) is 6.07. The first-order valence-corrected chi connectivity index (χ1v) is 9.75. The van der Waals surface area contributed by atoms with E-state index in [0.29, 0.717) is 0 Å². The van der Waals surface area contributed by atoms with Crippen LogP contribution >= 0.6 is 0 Å². The summed E-state index contributed by atoms with van der Waals surface area (Å²) in [5.41, 5.74) is 0. The third kappa shape index (κ3) is 4.96. The lowest BCUT2D eigenvalue weighted by Gasteiger charge is -2.41. The summed E-state index contributed by atoms with van der Waals surface area (Å²) in [4.78, 5) is 2.86. The summed E-state index contributed by atoms with van der Waals surface area (Å²) in [6, 6.07) is 1.63. The molecule has 4 atom stereocenters. The van der Waals surface area contributed by atoms with Gasteiger partial charge >= 0.3 is 0 Å². The Kier molecular flexibility index (Phi) is 7.53. The summed E-state index contributed by atoms with van der Waals surface area (Å²) >= 11 is 0. The lowest BCUT2D eigenvalue weighted by Crippen LogP contribution is -2.48. The van der Waals surface area contributed by atoms with E-state index in [1.807, 2.05) is 0 Å². The maximum absolute atomic E-state index is 3.79. The molecular weight excluding hydrogens is 256 g/mol. The Morgan fingerprint density at radius 3 is 2.52 bits per heavy atom. The van der Waals surface area contributed by atoms with Crippen LogP contribution in [0.4, 0.5) is 0 Å². The van der Waals surface area contributed by atoms with E-state index in [1.54, 1.807) is 0 Å². The molecule has 2 fully saturated rings. The number of hydrogen-bond donors (Lipinski definition) is 1. The monoisotopic (exact) mass is 294 g/mol. The van der Waals surface area contributed by atoms with Crippen LogP contribution in [0.3, 0.4) is 0 Å². The van der Waals surface area contributed by atoms with E-state index in [1.165, 1.54) is 70.9 Å². The second kappa shape index (κ2) is 9.15. The zero-order chi connectivity index (χ0) is 15.1. The van der Waals surface area contributed by atoms with Gasteiger partial charge in [-0.1, -0.05) is 40.0 Å². The summed E-state index contributed by atoms with van der Waals surface area (Å²) in [6.07, 6.45) is 12.8. The molecule has 0 aromatic rings. The SMILES string of the molecule is CCNC1CCC(CC)CC1CN1CCCCCC1CC. The van der Waals surface area contributed by atoms with Crippen LogP contribution in [-0.4, -0.2) is 36.6 Å². The van der Waals surface area contributed by atoms with Gasteiger partial charge in [0.15, 0.2) is 0 Å². The summed E-state index contributed by atoms with van der Waals surface area (Å²) in [7, 11) is 0. The van der Waals surface area contributed by atoms with Crippen molar-refractivity contribution in [3.05, 3.63) is 0 Å². The molecule has 0 bridgehead atoms. The predicted molar refractivity (Wildman–Crippen MR) is 92.7 cm³/mol. The summed E-state index contributed by atoms with van der Waals surface area (Å²) < 4.78 is 0. The molecule has 0 amide bonds. The lowest BCUT2D eigenvalue weighted by molar-refractivity contribution is 0.108. The van der Waals surface area contributed by atoms with Gasteiger partial charge in [-0.15, -0.1) is 0 Å². The van der Waals surface area contributed by atoms with Gasteiger partial charge in [0.05, 0.1) is 0 Å². The Hall–Kier alpha value is -0.0800. The van der Waals surface area contributed by atoms with Gasteiger partial charge in [0.25, 0.3) is 0 Å². The molecule has 0 aromatic carbocycles. The quantitative estimate of drug-likeness (QED) is 0.779. The van der Waals surface area contributed by atoms with Crippen LogP contribution in [-0.2, 0) is 0 Å². The van der Waals surface area contributed by atoms with Crippen LogP contribution in [0.1, 0.15) is 78.6 Å². The van der Waals surface area contributed by atoms with Crippen molar-refractivity contribution < 1.29 is 0 Å². The van der Waals surface area contributed by atoms with Crippen molar-refractivity contribution in [2.75, 3.05) is 19.6 Å². The molecule has 0 aromatic heterocycles. The van der Waals surface area contributed by atoms with Gasteiger partial charge in [-0.2, -0.15) is 0 Å². The first kappa shape index (κ1) is 17.3. The molecule has 2 aliphatic rings. The molecule has 1 saturated carbocycles. The van der Waals surface area contributed by atoms with Gasteiger partial charge in [-0.3, -0.25) is 0 Å². The van der Waals surface area contributed by atoms with Crippen LogP contribution in [0.5, 0.6) is 0 Å². The van der Waals surface area contributed by atoms with Crippen molar-refractivity contribution in [2.45, 2.75) is 90.6 Å². The van der Waals surface area contributed by atoms with Crippen molar-refractivity contribution in [3.63, 3.8) is 0 Å². The van der Waals surface area contributed by atoms with E-state index < -0.39 is 0 Å². The average molecular weight is 295 g/mol. The molecule has 1 N–H and O–H groups in total. The Labute approximate surface area is 133 Å². The maximum atomic E-state index is 3.79. The Morgan fingerprint density at radius 2 is 1.81 bits per heavy atom. The highest BCUT2D eigenvalue weighted by Gasteiger charge is 2.32. The largest absolute Gasteiger partial charge is 0.314 e. The number of rotatable bonds is 6. The Morgan fingerprint density at radius 1 is 0.952 bits per heavy atom. The van der Waals surface area contributed by atoms with Crippen LogP contribution < -0.4 is 5.32 Å². The van der Waals surface area contributed by atoms with Crippen LogP contribution in [0.15, 0.2) is 0 Å². The highest BCUT2D eigenvalue weighted by atomic mass is 15.2. The van der Waals surface area contributed by atoms with Gasteiger partial charge in [0, 0.05) is 18.6 Å². The van der Waals surface area contributed by atoms with E-state index in [9.17, 15) is 0 Å². The molecule has 2 rings (SSSR count). The second-order valence-electron chi connectivity index (χ2n) is 7.42. The van der Waals surface area contributed by atoms with Crippen molar-refractivity contribution in [1.82, 2.24) is 10.2 Å². The first-order valence-electron chi connectivity index (χ1n) is 9.75. The van der Waals surface area contributed by atoms with Gasteiger partial charge in [0.2, 0.25) is 0 Å². The summed E-state index contributed by atoms with van der Waals surface area (Å²) in [5, 5.41) is 3.79. The number of likely N-dealkylation sites (tertiary alicyclic amines) is 1. The fourth-order valence-corrected chi connectivity index (χ4v) is 4.71. The summed E-state index contributed by atoms with van der Waals surface area (Å²) in [5.74, 6) is 1.87. The van der Waals surface area contributed by atoms with E-state index in [0.717, 1.165) is 30.5 Å². The zero-order valence-electron chi connectivity index (χ0n) is 14.7. The molecule has 2 heteroatoms. The molecule has 4 unspecified atom stereocenters. The molecule has 1 saturated heterocycles. The van der Waals surface area contributed by atoms with Gasteiger partial charge in [-0.25, -0.2) is 0 Å². The molecule has 124 valence electrons. The van der Waals surface area contributed by atoms with E-state index >= 15 is 0 Å². The van der Waals surface area contributed by atoms with Crippen molar-refractivity contribution in [1.29, 1.82) is 0 Å². The van der Waals surface area contributed by atoms with Gasteiger partial charge in [-0.05, 0) is 63.5 Å². The zero-order valence-corrected chi connectivity index (χ0v) is 14.7. The summed E-state index contributed by atoms with van der Waals surface area (Å²) in [6.45, 7) is 10.9. The lowest BCUT2D eigenvalue weighted by atomic mass is 9.76. The molecular formula is C19H38N2. The highest BCUT2D eigenvalue weighted by Crippen LogP contribution is 2.33. The molecule has 1 heterocycles. The molecule has 1 aliphatic heterocycles. The number of nitrogens with one attached hydrogen (secondary N) is 1. The van der Waals surface area contributed by atoms with Crippen molar-refractivity contribution in [3.8, 4) is 0 Å². The van der Waals surface area contributed by atoms with E-state index in [-0.39, 0.29) is 0 Å². The Bertz CT molecular complexity index is 279. The first-order chi connectivity index (χ1) is 10.3. The van der Waals surface area contributed by atoms with Crippen LogP contribution in [0.25, 0.3) is 0 Å². The minimum absolute atomic E-state index is 0.776. The van der Waals surface area contributed by atoms with Crippen molar-refractivity contribution in [2.24, 2.45) is 11.8 Å². The number of nitrogens with zero attached hydrogens (tertiary/aromatic N) is 1. The minimum Gasteiger partial charge on any atom is -0.314 e. The fourth-order valence-electron chi connectivity index (χ4n) is 4.71. The molecule has 1 aliphatic carbocycles. The molecule has 0 radical (unpaired) electrons. The smallest absolute Gasteiger partial charge is 0.0108 e. The van der Waals surface area contributed by atoms with E-state index in [4.69, 9.17) is 0 Å². The highest BCUT2D eigenvalue weighted by molar-refractivity contribution is 4.88. The normalized spacial score (nSPS) is 35.6. The predicted octanol–water partition coefficient (Wildman–Crippen LogP) is 4.45. The minimum atomic E-state index is 0.776. The second-order valence-corrected chi connectivity index (χ2v) is 7.42. The van der Waals surface area contributed by atoms with Crippen molar-refractivity contribution >= 4 is 0 Å². The molecule has 0 spiro atoms. The maximum Gasteiger partial charge on any atom is 0.0108 e. The van der Waals surface area contributed by atoms with Crippen LogP contribution in [0.2, 0.25) is 0 Å². The molecule has 2 nitrogen and oxygen atoms in total.